The fourth-order valence-corrected chi connectivity index (χ4v) is 2.64. The van der Waals surface area contributed by atoms with Crippen molar-refractivity contribution < 1.29 is 4.74 Å². The number of hydrogen-bond acceptors (Lipinski definition) is 3. The third-order valence-electron chi connectivity index (χ3n) is 3.68. The van der Waals surface area contributed by atoms with E-state index < -0.39 is 0 Å². The van der Waals surface area contributed by atoms with E-state index in [1.54, 1.807) is 6.20 Å². The first-order valence-corrected chi connectivity index (χ1v) is 6.76. The van der Waals surface area contributed by atoms with Gasteiger partial charge in [-0.25, -0.2) is 4.68 Å². The standard InChI is InChI=1S/C15H19N3O/c1-11-7-8-14(19-11)15(16)13-9-10-17-18(13)12-5-3-2-4-6-12/h2-6,9-11,14-15H,7-8,16H2,1H3. The number of nitrogens with zero attached hydrogens (tertiary/aromatic N) is 2. The Labute approximate surface area is 113 Å². The second-order valence-electron chi connectivity index (χ2n) is 5.09. The molecule has 4 nitrogen and oxygen atoms in total. The summed E-state index contributed by atoms with van der Waals surface area (Å²) in [6.45, 7) is 2.10. The quantitative estimate of drug-likeness (QED) is 0.918. The molecule has 100 valence electrons. The van der Waals surface area contributed by atoms with E-state index in [1.165, 1.54) is 0 Å². The molecule has 4 heteroatoms. The van der Waals surface area contributed by atoms with Crippen molar-refractivity contribution in [1.82, 2.24) is 9.78 Å². The van der Waals surface area contributed by atoms with Crippen LogP contribution in [0.3, 0.4) is 0 Å². The third-order valence-corrected chi connectivity index (χ3v) is 3.68. The Bertz CT molecular complexity index is 537. The molecule has 1 aliphatic rings. The molecule has 3 atom stereocenters. The molecule has 1 aromatic heterocycles. The van der Waals surface area contributed by atoms with Crippen LogP contribution in [0.2, 0.25) is 0 Å². The molecule has 1 saturated heterocycles. The summed E-state index contributed by atoms with van der Waals surface area (Å²) in [5.41, 5.74) is 8.40. The lowest BCUT2D eigenvalue weighted by molar-refractivity contribution is 0.0389. The maximum absolute atomic E-state index is 6.36. The zero-order valence-electron chi connectivity index (χ0n) is 11.1. The molecule has 1 aromatic carbocycles. The van der Waals surface area contributed by atoms with Crippen molar-refractivity contribution >= 4 is 0 Å². The van der Waals surface area contributed by atoms with Crippen LogP contribution in [0.15, 0.2) is 42.6 Å². The van der Waals surface area contributed by atoms with Crippen LogP contribution in [-0.2, 0) is 4.74 Å². The van der Waals surface area contributed by atoms with Crippen molar-refractivity contribution in [2.24, 2.45) is 5.73 Å². The van der Waals surface area contributed by atoms with Gasteiger partial charge in [-0.05, 0) is 38.0 Å². The van der Waals surface area contributed by atoms with Crippen LogP contribution in [0, 0.1) is 0 Å². The van der Waals surface area contributed by atoms with Gasteiger partial charge in [0.1, 0.15) is 0 Å². The molecule has 2 N–H and O–H groups in total. The molecule has 1 fully saturated rings. The highest BCUT2D eigenvalue weighted by atomic mass is 16.5. The Morgan fingerprint density at radius 2 is 2.05 bits per heavy atom. The van der Waals surface area contributed by atoms with E-state index in [9.17, 15) is 0 Å². The summed E-state index contributed by atoms with van der Waals surface area (Å²) < 4.78 is 7.77. The first-order chi connectivity index (χ1) is 9.25. The van der Waals surface area contributed by atoms with Crippen molar-refractivity contribution in [3.63, 3.8) is 0 Å². The molecule has 1 aliphatic heterocycles. The van der Waals surface area contributed by atoms with E-state index >= 15 is 0 Å². The first-order valence-electron chi connectivity index (χ1n) is 6.76. The van der Waals surface area contributed by atoms with Gasteiger partial charge in [0, 0.05) is 6.20 Å². The van der Waals surface area contributed by atoms with Crippen LogP contribution in [0.4, 0.5) is 0 Å². The lowest BCUT2D eigenvalue weighted by atomic mass is 10.1. The molecule has 0 amide bonds. The van der Waals surface area contributed by atoms with Crippen LogP contribution in [-0.4, -0.2) is 22.0 Å². The molecule has 0 saturated carbocycles. The fourth-order valence-electron chi connectivity index (χ4n) is 2.64. The second-order valence-corrected chi connectivity index (χ2v) is 5.09. The summed E-state index contributed by atoms with van der Waals surface area (Å²) in [6.07, 6.45) is 4.29. The fraction of sp³-hybridized carbons (Fsp3) is 0.400. The first kappa shape index (κ1) is 12.4. The van der Waals surface area contributed by atoms with Crippen LogP contribution in [0.25, 0.3) is 5.69 Å². The predicted octanol–water partition coefficient (Wildman–Crippen LogP) is 2.44. The maximum atomic E-state index is 6.36. The SMILES string of the molecule is CC1CCC(C(N)c2ccnn2-c2ccccc2)O1. The minimum absolute atomic E-state index is 0.0918. The number of ether oxygens (including phenoxy) is 1. The van der Waals surface area contributed by atoms with E-state index in [4.69, 9.17) is 10.5 Å². The molecule has 3 unspecified atom stereocenters. The minimum Gasteiger partial charge on any atom is -0.373 e. The molecule has 0 aliphatic carbocycles. The number of hydrogen-bond donors (Lipinski definition) is 1. The number of aromatic nitrogens is 2. The highest BCUT2D eigenvalue weighted by Gasteiger charge is 2.30. The van der Waals surface area contributed by atoms with Gasteiger partial charge in [0.05, 0.1) is 29.6 Å². The number of rotatable bonds is 3. The number of para-hydroxylation sites is 1. The van der Waals surface area contributed by atoms with Gasteiger partial charge in [-0.15, -0.1) is 0 Å². The van der Waals surface area contributed by atoms with Crippen molar-refractivity contribution in [2.75, 3.05) is 0 Å². The summed E-state index contributed by atoms with van der Waals surface area (Å²) in [4.78, 5) is 0. The van der Waals surface area contributed by atoms with Gasteiger partial charge in [0.2, 0.25) is 0 Å². The highest BCUT2D eigenvalue weighted by molar-refractivity contribution is 5.33. The summed E-state index contributed by atoms with van der Waals surface area (Å²) in [5, 5.41) is 4.38. The van der Waals surface area contributed by atoms with Gasteiger partial charge in [0.15, 0.2) is 0 Å². The largest absolute Gasteiger partial charge is 0.373 e. The lowest BCUT2D eigenvalue weighted by Gasteiger charge is -2.20. The van der Waals surface area contributed by atoms with Gasteiger partial charge >= 0.3 is 0 Å². The van der Waals surface area contributed by atoms with E-state index in [1.807, 2.05) is 41.1 Å². The number of nitrogens with two attached hydrogens (primary N) is 1. The maximum Gasteiger partial charge on any atom is 0.0787 e. The van der Waals surface area contributed by atoms with Crippen LogP contribution in [0.5, 0.6) is 0 Å². The summed E-state index contributed by atoms with van der Waals surface area (Å²) in [5.74, 6) is 0. The molecular weight excluding hydrogens is 238 g/mol. The Morgan fingerprint density at radius 3 is 2.74 bits per heavy atom. The summed E-state index contributed by atoms with van der Waals surface area (Å²) >= 11 is 0. The van der Waals surface area contributed by atoms with Crippen LogP contribution >= 0.6 is 0 Å². The van der Waals surface area contributed by atoms with Crippen molar-refractivity contribution in [3.05, 3.63) is 48.3 Å². The van der Waals surface area contributed by atoms with E-state index in [-0.39, 0.29) is 12.1 Å². The topological polar surface area (TPSA) is 53.1 Å². The molecule has 0 bridgehead atoms. The van der Waals surface area contributed by atoms with Crippen LogP contribution < -0.4 is 5.73 Å². The second kappa shape index (κ2) is 5.15. The zero-order valence-corrected chi connectivity index (χ0v) is 11.1. The average molecular weight is 257 g/mol. The molecule has 0 radical (unpaired) electrons. The Morgan fingerprint density at radius 1 is 1.26 bits per heavy atom. The number of benzene rings is 1. The zero-order chi connectivity index (χ0) is 13.2. The summed E-state index contributed by atoms with van der Waals surface area (Å²) in [7, 11) is 0. The predicted molar refractivity (Wildman–Crippen MR) is 74.1 cm³/mol. The van der Waals surface area contributed by atoms with Crippen LogP contribution in [0.1, 0.15) is 31.5 Å². The lowest BCUT2D eigenvalue weighted by Crippen LogP contribution is -2.28. The monoisotopic (exact) mass is 257 g/mol. The molecule has 2 aromatic rings. The van der Waals surface area contributed by atoms with Gasteiger partial charge in [-0.1, -0.05) is 18.2 Å². The Kier molecular flexibility index (Phi) is 3.36. The van der Waals surface area contributed by atoms with E-state index in [0.717, 1.165) is 24.2 Å². The van der Waals surface area contributed by atoms with E-state index in [2.05, 4.69) is 12.0 Å². The third kappa shape index (κ3) is 2.41. The Hall–Kier alpha value is -1.65. The van der Waals surface area contributed by atoms with Gasteiger partial charge in [-0.2, -0.15) is 5.10 Å². The van der Waals surface area contributed by atoms with Crippen molar-refractivity contribution in [1.29, 1.82) is 0 Å². The summed E-state index contributed by atoms with van der Waals surface area (Å²) in [6, 6.07) is 11.9. The van der Waals surface area contributed by atoms with Gasteiger partial charge in [0.25, 0.3) is 0 Å². The van der Waals surface area contributed by atoms with Crippen molar-refractivity contribution in [3.8, 4) is 5.69 Å². The van der Waals surface area contributed by atoms with Crippen molar-refractivity contribution in [2.45, 2.75) is 38.0 Å². The molecule has 19 heavy (non-hydrogen) atoms. The normalized spacial score (nSPS) is 24.5. The minimum atomic E-state index is -0.132. The highest BCUT2D eigenvalue weighted by Crippen LogP contribution is 2.29. The molecule has 0 spiro atoms. The van der Waals surface area contributed by atoms with E-state index in [0.29, 0.717) is 6.10 Å². The molecular formula is C15H19N3O. The van der Waals surface area contributed by atoms with Gasteiger partial charge < -0.3 is 10.5 Å². The smallest absolute Gasteiger partial charge is 0.0787 e. The Balaban J connectivity index is 1.88. The average Bonchev–Trinajstić information content (AvgIpc) is 3.07. The van der Waals surface area contributed by atoms with Gasteiger partial charge in [-0.3, -0.25) is 0 Å². The molecule has 3 rings (SSSR count). The molecule has 2 heterocycles.